The van der Waals surface area contributed by atoms with Gasteiger partial charge in [-0.25, -0.2) is 9.59 Å². The maximum atomic E-state index is 13.9. The van der Waals surface area contributed by atoms with Crippen LogP contribution in [0.2, 0.25) is 0 Å². The Balaban J connectivity index is 1.60. The highest BCUT2D eigenvalue weighted by Crippen LogP contribution is 2.51. The third-order valence-corrected chi connectivity index (χ3v) is 13.3. The minimum absolute atomic E-state index is 0.390. The molecule has 0 aliphatic carbocycles. The molecule has 1 atom stereocenters. The van der Waals surface area contributed by atoms with Gasteiger partial charge < -0.3 is 17.9 Å². The van der Waals surface area contributed by atoms with Crippen molar-refractivity contribution in [2.75, 3.05) is 14.2 Å². The average molecular weight is 809 g/mol. The van der Waals surface area contributed by atoms with Crippen LogP contribution in [-0.2, 0) is 9.47 Å². The van der Waals surface area contributed by atoms with E-state index in [1.54, 1.807) is 0 Å². The van der Waals surface area contributed by atoms with Crippen LogP contribution in [-0.4, -0.2) is 26.2 Å². The van der Waals surface area contributed by atoms with Gasteiger partial charge in [0.2, 0.25) is 0 Å². The second-order valence-corrected chi connectivity index (χ2v) is 16.7. The minimum atomic E-state index is -2.12. The molecule has 0 aliphatic heterocycles. The summed E-state index contributed by atoms with van der Waals surface area (Å²) >= 11 is 0. The molecule has 10 aromatic rings. The quantitative estimate of drug-likeness (QED) is 0.126. The van der Waals surface area contributed by atoms with Gasteiger partial charge in [0.05, 0.1) is 31.5 Å². The lowest BCUT2D eigenvalue weighted by atomic mass is 9.84. The van der Waals surface area contributed by atoms with E-state index in [2.05, 4.69) is 64.1 Å². The van der Waals surface area contributed by atoms with Crippen LogP contribution in [0.25, 0.3) is 86.6 Å². The van der Waals surface area contributed by atoms with Gasteiger partial charge in [-0.2, -0.15) is 0 Å². The second kappa shape index (κ2) is 14.3. The van der Waals surface area contributed by atoms with Gasteiger partial charge in [-0.1, -0.05) is 103 Å². The summed E-state index contributed by atoms with van der Waals surface area (Å²) in [5.74, 6) is -0.902. The molecule has 1 unspecified atom stereocenters. The van der Waals surface area contributed by atoms with Crippen molar-refractivity contribution >= 4 is 107 Å². The Bertz CT molecular complexity index is 3320. The number of carbonyl (C=O) groups is 2. The number of hydrogen-bond acceptors (Lipinski definition) is 7. The lowest BCUT2D eigenvalue weighted by Gasteiger charge is -2.19. The number of carbonyl (C=O) groups excluding carboxylic acids is 2. The topological polar surface area (TPSA) is 88.1 Å². The van der Waals surface area contributed by atoms with Crippen LogP contribution in [0, 0.1) is 27.7 Å². The van der Waals surface area contributed by atoms with E-state index in [4.69, 9.17) is 22.4 Å². The number of ether oxygens (including phenoxy) is 2. The summed E-state index contributed by atoms with van der Waals surface area (Å²) in [7, 11) is 0.698. The van der Waals surface area contributed by atoms with Crippen LogP contribution in [0.3, 0.4) is 0 Å². The Labute approximate surface area is 346 Å². The average Bonchev–Trinajstić information content (AvgIpc) is 3.43. The van der Waals surface area contributed by atoms with Gasteiger partial charge in [-0.05, 0) is 128 Å². The van der Waals surface area contributed by atoms with E-state index in [9.17, 15) is 9.59 Å². The third-order valence-electron chi connectivity index (χ3n) is 12.2. The van der Waals surface area contributed by atoms with E-state index >= 15 is 0 Å². The summed E-state index contributed by atoms with van der Waals surface area (Å²) in [6.07, 6.45) is -0.390. The van der Waals surface area contributed by atoms with E-state index in [0.29, 0.717) is 22.3 Å². The van der Waals surface area contributed by atoms with Gasteiger partial charge in [0, 0.05) is 21.5 Å². The maximum Gasteiger partial charge on any atom is 0.388 e. The van der Waals surface area contributed by atoms with Crippen molar-refractivity contribution in [3.63, 3.8) is 0 Å². The Morgan fingerprint density at radius 3 is 1.25 bits per heavy atom. The summed E-state index contributed by atoms with van der Waals surface area (Å²) in [5.41, 5.74) is 7.07. The van der Waals surface area contributed by atoms with Crippen molar-refractivity contribution in [1.82, 2.24) is 0 Å². The van der Waals surface area contributed by atoms with Crippen LogP contribution < -0.4 is 4.52 Å². The minimum Gasteiger partial charge on any atom is -0.465 e. The van der Waals surface area contributed by atoms with Crippen LogP contribution in [0.5, 0.6) is 0 Å². The fourth-order valence-electron chi connectivity index (χ4n) is 9.48. The summed E-state index contributed by atoms with van der Waals surface area (Å²) in [6, 6.07) is 38.5. The van der Waals surface area contributed by atoms with Gasteiger partial charge in [0.25, 0.3) is 0 Å². The van der Waals surface area contributed by atoms with Crippen LogP contribution in [0.15, 0.2) is 124 Å². The van der Waals surface area contributed by atoms with Crippen LogP contribution in [0.4, 0.5) is 0 Å². The number of fused-ring (bicyclic) bond motifs is 17. The number of rotatable bonds is 5. The zero-order valence-corrected chi connectivity index (χ0v) is 35.2. The van der Waals surface area contributed by atoms with Crippen molar-refractivity contribution < 1.29 is 32.0 Å². The molecule has 0 bridgehead atoms. The molecule has 0 amide bonds. The maximum absolute atomic E-state index is 13.9. The molecule has 0 N–H and O–H groups in total. The Kier molecular flexibility index (Phi) is 8.94. The Hall–Kier alpha value is -6.66. The zero-order valence-electron chi connectivity index (χ0n) is 34.4. The lowest BCUT2D eigenvalue weighted by molar-refractivity contribution is 0.0594. The fraction of sp³-hybridized carbons (Fsp3) is 0.154. The summed E-state index contributed by atoms with van der Waals surface area (Å²) < 4.78 is 32.3. The molecule has 0 fully saturated rings. The van der Waals surface area contributed by atoms with Crippen molar-refractivity contribution in [2.24, 2.45) is 0 Å². The molecule has 60 heavy (non-hydrogen) atoms. The van der Waals surface area contributed by atoms with Crippen LogP contribution >= 0.6 is 8.24 Å². The molecule has 10 rings (SSSR count). The summed E-state index contributed by atoms with van der Waals surface area (Å²) in [4.78, 5) is 27.8. The molecule has 0 saturated carbocycles. The van der Waals surface area contributed by atoms with Gasteiger partial charge in [-0.3, -0.25) is 4.52 Å². The smallest absolute Gasteiger partial charge is 0.388 e. The van der Waals surface area contributed by atoms with Crippen molar-refractivity contribution in [2.45, 2.75) is 40.7 Å². The normalized spacial score (nSPS) is 12.4. The first-order chi connectivity index (χ1) is 29.1. The molecular formula is C52H41O7P. The van der Waals surface area contributed by atoms with E-state index in [-0.39, 0.29) is 6.10 Å². The standard InChI is InChI=1S/C52H41O7P/c1-27-15-11-21-33-37(51(53)55-6)25-39-45(41(27)33)43-29(3)17-13-23-35(43)49-47(39)48-40-26-38(52(54)56-7)34-22-12-16-28(2)42(34)46(40)44-30(4)18-14-24-36(44)50(48)59-60(58-49)57-31(5)32-19-9-8-10-20-32/h8-26,31H,1-7H3. The fourth-order valence-corrected chi connectivity index (χ4v) is 10.7. The number of esters is 2. The first-order valence-corrected chi connectivity index (χ1v) is 21.1. The Morgan fingerprint density at radius 1 is 0.467 bits per heavy atom. The molecule has 296 valence electrons. The number of benzene rings is 9. The zero-order chi connectivity index (χ0) is 41.6. The molecular weight excluding hydrogens is 768 g/mol. The van der Waals surface area contributed by atoms with Gasteiger partial charge >= 0.3 is 20.2 Å². The number of hydrogen-bond donors (Lipinski definition) is 0. The summed E-state index contributed by atoms with van der Waals surface area (Å²) in [5, 5.41) is 12.2. The highest BCUT2D eigenvalue weighted by atomic mass is 31.1. The predicted molar refractivity (Wildman–Crippen MR) is 244 cm³/mol. The first kappa shape index (κ1) is 37.6. The molecule has 8 heteroatoms. The van der Waals surface area contributed by atoms with E-state index < -0.39 is 20.2 Å². The SMILES string of the molecule is COC(=O)c1cc2c(c3c(C)cccc13)c1c(C)cccc1c1op(OC(C)c3ccccc3)oc3c4cccc(C)c4c4c(cc(C(=O)OC)c5cccc(C)c54)c3c21. The molecule has 1 heterocycles. The molecule has 0 aliphatic rings. The molecule has 0 radical (unpaired) electrons. The van der Waals surface area contributed by atoms with Crippen LogP contribution in [0.1, 0.15) is 61.6 Å². The largest absolute Gasteiger partial charge is 0.465 e. The van der Waals surface area contributed by atoms with E-state index in [0.717, 1.165) is 103 Å². The highest BCUT2D eigenvalue weighted by molar-refractivity contribution is 7.31. The second-order valence-electron chi connectivity index (χ2n) is 15.6. The van der Waals surface area contributed by atoms with Crippen molar-refractivity contribution in [3.8, 4) is 0 Å². The van der Waals surface area contributed by atoms with Crippen molar-refractivity contribution in [3.05, 3.63) is 154 Å². The number of methoxy groups -OCH3 is 2. The third kappa shape index (κ3) is 5.53. The molecule has 0 spiro atoms. The monoisotopic (exact) mass is 808 g/mol. The number of aryl methyl sites for hydroxylation is 4. The van der Waals surface area contributed by atoms with Gasteiger partial charge in [-0.15, -0.1) is 0 Å². The van der Waals surface area contributed by atoms with Gasteiger partial charge in [0.1, 0.15) is 0 Å². The highest BCUT2D eigenvalue weighted by Gasteiger charge is 2.27. The first-order valence-electron chi connectivity index (χ1n) is 20.0. The molecule has 9 aromatic carbocycles. The predicted octanol–water partition coefficient (Wildman–Crippen LogP) is 14.2. The summed E-state index contributed by atoms with van der Waals surface area (Å²) in [6.45, 7) is 10.4. The van der Waals surface area contributed by atoms with Gasteiger partial charge in [0.15, 0.2) is 11.2 Å². The van der Waals surface area contributed by atoms with E-state index in [1.807, 2.05) is 85.8 Å². The van der Waals surface area contributed by atoms with Crippen molar-refractivity contribution in [1.29, 1.82) is 0 Å². The van der Waals surface area contributed by atoms with E-state index in [1.165, 1.54) is 14.2 Å². The Morgan fingerprint density at radius 2 is 0.850 bits per heavy atom. The molecule has 7 nitrogen and oxygen atoms in total. The molecule has 1 aromatic heterocycles. The lowest BCUT2D eigenvalue weighted by Crippen LogP contribution is -2.04. The molecule has 0 saturated heterocycles.